The van der Waals surface area contributed by atoms with Gasteiger partial charge >= 0.3 is 5.82 Å². The zero-order valence-corrected chi connectivity index (χ0v) is 13.5. The molecule has 9 nitrogen and oxygen atoms in total. The number of amides is 1. The molecule has 1 aromatic heterocycles. The highest BCUT2D eigenvalue weighted by Crippen LogP contribution is 2.12. The van der Waals surface area contributed by atoms with Gasteiger partial charge in [0.1, 0.15) is 0 Å². The van der Waals surface area contributed by atoms with E-state index in [4.69, 9.17) is 4.74 Å². The molecule has 23 heavy (non-hydrogen) atoms. The van der Waals surface area contributed by atoms with Crippen molar-refractivity contribution < 1.29 is 14.5 Å². The Morgan fingerprint density at radius 1 is 1.52 bits per heavy atom. The first kappa shape index (κ1) is 17.4. The molecule has 1 saturated heterocycles. The number of aromatic nitrogens is 2. The van der Waals surface area contributed by atoms with Gasteiger partial charge in [-0.2, -0.15) is 4.68 Å². The molecular weight excluding hydrogens is 302 g/mol. The van der Waals surface area contributed by atoms with Gasteiger partial charge < -0.3 is 20.2 Å². The fourth-order valence-electron chi connectivity index (χ4n) is 2.45. The molecule has 9 heteroatoms. The molecule has 1 aliphatic rings. The molecule has 1 amide bonds. The Hall–Kier alpha value is -2.00. The molecule has 1 atom stereocenters. The minimum absolute atomic E-state index is 0.0733. The number of hydrogen-bond donors (Lipinski definition) is 1. The summed E-state index contributed by atoms with van der Waals surface area (Å²) in [4.78, 5) is 24.5. The number of carbonyl (C=O) groups excluding carboxylic acids is 1. The van der Waals surface area contributed by atoms with Gasteiger partial charge in [-0.25, -0.2) is 0 Å². The lowest BCUT2D eigenvalue weighted by Gasteiger charge is -2.26. The van der Waals surface area contributed by atoms with E-state index in [1.165, 1.54) is 10.7 Å². The average molecular weight is 325 g/mol. The van der Waals surface area contributed by atoms with Crippen molar-refractivity contribution in [1.82, 2.24) is 20.0 Å². The predicted octanol–water partition coefficient (Wildman–Crippen LogP) is 0.184. The van der Waals surface area contributed by atoms with Crippen LogP contribution in [0.3, 0.4) is 0 Å². The molecule has 1 aliphatic heterocycles. The van der Waals surface area contributed by atoms with E-state index < -0.39 is 4.92 Å². The van der Waals surface area contributed by atoms with Gasteiger partial charge in [-0.3, -0.25) is 9.69 Å². The number of nitrogens with one attached hydrogen (secondary N) is 1. The molecule has 128 valence electrons. The zero-order chi connectivity index (χ0) is 16.8. The Labute approximate surface area is 134 Å². The third kappa shape index (κ3) is 5.00. The molecule has 2 rings (SSSR count). The van der Waals surface area contributed by atoms with Crippen molar-refractivity contribution in [3.63, 3.8) is 0 Å². The van der Waals surface area contributed by atoms with Crippen LogP contribution < -0.4 is 5.32 Å². The topological polar surface area (TPSA) is 103 Å². The summed E-state index contributed by atoms with van der Waals surface area (Å²) in [5.41, 5.74) is 0.671. The number of rotatable bonds is 7. The first-order valence-corrected chi connectivity index (χ1v) is 7.74. The van der Waals surface area contributed by atoms with Crippen LogP contribution >= 0.6 is 0 Å². The third-order valence-electron chi connectivity index (χ3n) is 3.88. The van der Waals surface area contributed by atoms with E-state index >= 15 is 0 Å². The van der Waals surface area contributed by atoms with E-state index in [9.17, 15) is 14.9 Å². The maximum Gasteiger partial charge on any atom is 0.390 e. The van der Waals surface area contributed by atoms with Crippen LogP contribution in [0.4, 0.5) is 5.82 Å². The van der Waals surface area contributed by atoms with E-state index in [1.54, 1.807) is 13.8 Å². The number of ether oxygens (including phenoxy) is 1. The molecule has 0 aromatic carbocycles. The molecule has 0 radical (unpaired) electrons. The Bertz CT molecular complexity index is 553. The summed E-state index contributed by atoms with van der Waals surface area (Å²) in [6.45, 7) is 8.49. The molecule has 2 heterocycles. The van der Waals surface area contributed by atoms with Crippen LogP contribution in [0.5, 0.6) is 0 Å². The lowest BCUT2D eigenvalue weighted by molar-refractivity contribution is -0.389. The minimum atomic E-state index is -0.531. The molecule has 1 unspecified atom stereocenters. The minimum Gasteiger partial charge on any atom is -0.379 e. The highest BCUT2D eigenvalue weighted by molar-refractivity contribution is 5.78. The van der Waals surface area contributed by atoms with Crippen LogP contribution in [0.1, 0.15) is 12.6 Å². The highest BCUT2D eigenvalue weighted by Gasteiger charge is 2.20. The van der Waals surface area contributed by atoms with Gasteiger partial charge in [-0.05, 0) is 11.8 Å². The number of nitrogens with zero attached hydrogens (tertiary/aromatic N) is 4. The van der Waals surface area contributed by atoms with Crippen molar-refractivity contribution in [3.05, 3.63) is 21.9 Å². The van der Waals surface area contributed by atoms with Gasteiger partial charge in [0.2, 0.25) is 5.91 Å². The summed E-state index contributed by atoms with van der Waals surface area (Å²) < 4.78 is 6.78. The standard InChI is InChI=1S/C14H23N5O4/c1-11(10-18-12(2)9-13(16-18)19(21)22)14(20)15-3-4-17-5-7-23-8-6-17/h9,11H,3-8,10H2,1-2H3,(H,15,20). The van der Waals surface area contributed by atoms with E-state index in [1.807, 2.05) is 0 Å². The predicted molar refractivity (Wildman–Crippen MR) is 83.1 cm³/mol. The van der Waals surface area contributed by atoms with Gasteiger partial charge in [0.15, 0.2) is 0 Å². The van der Waals surface area contributed by atoms with Gasteiger partial charge in [-0.15, -0.1) is 0 Å². The second kappa shape index (κ2) is 8.02. The maximum atomic E-state index is 12.1. The summed E-state index contributed by atoms with van der Waals surface area (Å²) in [5.74, 6) is -0.573. The highest BCUT2D eigenvalue weighted by atomic mass is 16.6. The Morgan fingerprint density at radius 2 is 2.22 bits per heavy atom. The molecule has 0 aliphatic carbocycles. The first-order chi connectivity index (χ1) is 11.0. The van der Waals surface area contributed by atoms with E-state index in [2.05, 4.69) is 15.3 Å². The molecule has 0 saturated carbocycles. The lowest BCUT2D eigenvalue weighted by Crippen LogP contribution is -2.42. The van der Waals surface area contributed by atoms with E-state index in [-0.39, 0.29) is 17.6 Å². The van der Waals surface area contributed by atoms with Crippen LogP contribution in [0.15, 0.2) is 6.07 Å². The monoisotopic (exact) mass is 325 g/mol. The summed E-state index contributed by atoms with van der Waals surface area (Å²) in [7, 11) is 0. The zero-order valence-electron chi connectivity index (χ0n) is 13.5. The summed E-state index contributed by atoms with van der Waals surface area (Å²) in [6.07, 6.45) is 0. The van der Waals surface area contributed by atoms with Crippen molar-refractivity contribution in [3.8, 4) is 0 Å². The average Bonchev–Trinajstić information content (AvgIpc) is 2.89. The van der Waals surface area contributed by atoms with Crippen LogP contribution in [-0.2, 0) is 16.1 Å². The summed E-state index contributed by atoms with van der Waals surface area (Å²) >= 11 is 0. The quantitative estimate of drug-likeness (QED) is 0.567. The number of nitro groups is 1. The largest absolute Gasteiger partial charge is 0.390 e. The SMILES string of the molecule is Cc1cc([N+](=O)[O-])nn1CC(C)C(=O)NCCN1CCOCC1. The van der Waals surface area contributed by atoms with Gasteiger partial charge in [0, 0.05) is 26.2 Å². The maximum absolute atomic E-state index is 12.1. The second-order valence-electron chi connectivity index (χ2n) is 5.73. The molecular formula is C14H23N5O4. The van der Waals surface area contributed by atoms with Gasteiger partial charge in [0.25, 0.3) is 0 Å². The Kier molecular flexibility index (Phi) is 6.05. The van der Waals surface area contributed by atoms with Crippen LogP contribution in [0, 0.1) is 23.0 Å². The number of carbonyl (C=O) groups is 1. The lowest BCUT2D eigenvalue weighted by atomic mass is 10.1. The first-order valence-electron chi connectivity index (χ1n) is 7.74. The molecule has 1 aromatic rings. The summed E-state index contributed by atoms with van der Waals surface area (Å²) in [6, 6.07) is 1.41. The van der Waals surface area contributed by atoms with Crippen molar-refractivity contribution in [2.24, 2.45) is 5.92 Å². The smallest absolute Gasteiger partial charge is 0.379 e. The van der Waals surface area contributed by atoms with Crippen molar-refractivity contribution >= 4 is 11.7 Å². The van der Waals surface area contributed by atoms with E-state index in [0.717, 1.165) is 32.8 Å². The molecule has 0 spiro atoms. The van der Waals surface area contributed by atoms with Crippen LogP contribution in [0.25, 0.3) is 0 Å². The van der Waals surface area contributed by atoms with Crippen molar-refractivity contribution in [2.75, 3.05) is 39.4 Å². The van der Waals surface area contributed by atoms with Gasteiger partial charge in [-0.1, -0.05) is 6.92 Å². The van der Waals surface area contributed by atoms with Crippen molar-refractivity contribution in [2.45, 2.75) is 20.4 Å². The van der Waals surface area contributed by atoms with Crippen LogP contribution in [0.2, 0.25) is 0 Å². The van der Waals surface area contributed by atoms with E-state index in [0.29, 0.717) is 18.8 Å². The van der Waals surface area contributed by atoms with Gasteiger partial charge in [0.05, 0.1) is 42.5 Å². The molecule has 1 N–H and O–H groups in total. The normalized spacial score (nSPS) is 17.0. The number of hydrogen-bond acceptors (Lipinski definition) is 6. The fourth-order valence-corrected chi connectivity index (χ4v) is 2.45. The second-order valence-corrected chi connectivity index (χ2v) is 5.73. The number of aryl methyl sites for hydroxylation is 1. The number of morpholine rings is 1. The molecule has 1 fully saturated rings. The molecule has 0 bridgehead atoms. The third-order valence-corrected chi connectivity index (χ3v) is 3.88. The Morgan fingerprint density at radius 3 is 2.83 bits per heavy atom. The van der Waals surface area contributed by atoms with Crippen LogP contribution in [-0.4, -0.2) is 64.9 Å². The summed E-state index contributed by atoms with van der Waals surface area (Å²) in [5, 5.41) is 17.5. The Balaban J connectivity index is 1.77. The fraction of sp³-hybridized carbons (Fsp3) is 0.714. The van der Waals surface area contributed by atoms with Crippen molar-refractivity contribution in [1.29, 1.82) is 0 Å².